The molecule has 0 aliphatic carbocycles. The van der Waals surface area contributed by atoms with E-state index in [2.05, 4.69) is 4.18 Å². The van der Waals surface area contributed by atoms with Gasteiger partial charge in [-0.25, -0.2) is 8.42 Å². The zero-order valence-electron chi connectivity index (χ0n) is 12.6. The van der Waals surface area contributed by atoms with Crippen molar-refractivity contribution in [3.63, 3.8) is 0 Å². The van der Waals surface area contributed by atoms with E-state index in [1.165, 1.54) is 0 Å². The second-order valence-corrected chi connectivity index (χ2v) is 6.03. The van der Waals surface area contributed by atoms with Gasteiger partial charge in [-0.3, -0.25) is 8.98 Å². The first-order valence-electron chi connectivity index (χ1n) is 6.77. The third-order valence-electron chi connectivity index (χ3n) is 3.42. The number of hydrogen-bond acceptors (Lipinski definition) is 6. The van der Waals surface area contributed by atoms with Crippen LogP contribution in [0.2, 0.25) is 0 Å². The molecule has 0 rings (SSSR count). The molecule has 0 aromatic rings. The SMILES string of the molecule is CC[N+](CC)(CCOC(=O)C(C)C)CCOS(=O)(=O)[O-]. The number of esters is 1. The Morgan fingerprint density at radius 3 is 2.05 bits per heavy atom. The van der Waals surface area contributed by atoms with Crippen molar-refractivity contribution in [2.75, 3.05) is 39.4 Å². The molecule has 0 aromatic heterocycles. The van der Waals surface area contributed by atoms with E-state index in [-0.39, 0.29) is 25.1 Å². The van der Waals surface area contributed by atoms with Crippen LogP contribution in [0.5, 0.6) is 0 Å². The lowest BCUT2D eigenvalue weighted by Crippen LogP contribution is -2.52. The van der Waals surface area contributed by atoms with Crippen molar-refractivity contribution in [2.24, 2.45) is 5.92 Å². The molecule has 0 saturated carbocycles. The van der Waals surface area contributed by atoms with Crippen molar-refractivity contribution >= 4 is 16.4 Å². The number of carbonyl (C=O) groups excluding carboxylic acids is 1. The molecular weight excluding hydrogens is 286 g/mol. The molecule has 0 unspecified atom stereocenters. The lowest BCUT2D eigenvalue weighted by molar-refractivity contribution is -0.925. The zero-order valence-corrected chi connectivity index (χ0v) is 13.4. The Morgan fingerprint density at radius 2 is 1.65 bits per heavy atom. The molecule has 0 saturated heterocycles. The zero-order chi connectivity index (χ0) is 15.8. The normalized spacial score (nSPS) is 12.7. The summed E-state index contributed by atoms with van der Waals surface area (Å²) in [6.45, 7) is 9.96. The minimum atomic E-state index is -4.65. The van der Waals surface area contributed by atoms with E-state index in [0.29, 0.717) is 17.6 Å². The van der Waals surface area contributed by atoms with Crippen molar-refractivity contribution in [2.45, 2.75) is 27.7 Å². The van der Waals surface area contributed by atoms with Crippen LogP contribution in [-0.2, 0) is 24.1 Å². The Balaban J connectivity index is 4.34. The van der Waals surface area contributed by atoms with E-state index in [9.17, 15) is 17.8 Å². The Hall–Kier alpha value is -0.700. The maximum Gasteiger partial charge on any atom is 0.308 e. The molecule has 0 heterocycles. The van der Waals surface area contributed by atoms with Crippen molar-refractivity contribution in [3.8, 4) is 0 Å². The number of hydrogen-bond donors (Lipinski definition) is 0. The summed E-state index contributed by atoms with van der Waals surface area (Å²) in [5, 5.41) is 0. The quantitative estimate of drug-likeness (QED) is 0.253. The maximum atomic E-state index is 11.4. The lowest BCUT2D eigenvalue weighted by Gasteiger charge is -2.36. The molecular formula is C12H25NO6S. The van der Waals surface area contributed by atoms with Crippen LogP contribution in [0.25, 0.3) is 0 Å². The number of ether oxygens (including phenoxy) is 1. The van der Waals surface area contributed by atoms with Crippen LogP contribution < -0.4 is 0 Å². The Bertz CT molecular complexity index is 389. The standard InChI is InChI=1S/C12H25NO6S/c1-5-13(6-2,8-10-19-20(15,16)17)7-9-18-12(14)11(3)4/h11H,5-10H2,1-4H3. The second-order valence-electron chi connectivity index (χ2n) is 4.97. The van der Waals surface area contributed by atoms with Gasteiger partial charge in [0.2, 0.25) is 10.4 Å². The molecule has 0 aliphatic heterocycles. The number of likely N-dealkylation sites (N-methyl/N-ethyl adjacent to an activating group) is 1. The molecule has 0 N–H and O–H groups in total. The minimum absolute atomic E-state index is 0.161. The van der Waals surface area contributed by atoms with Gasteiger partial charge in [0.15, 0.2) is 0 Å². The fourth-order valence-electron chi connectivity index (χ4n) is 1.81. The average molecular weight is 311 g/mol. The van der Waals surface area contributed by atoms with Gasteiger partial charge in [-0.15, -0.1) is 0 Å². The number of carbonyl (C=O) groups is 1. The van der Waals surface area contributed by atoms with Crippen LogP contribution >= 0.6 is 0 Å². The predicted molar refractivity (Wildman–Crippen MR) is 72.5 cm³/mol. The molecule has 0 bridgehead atoms. The van der Waals surface area contributed by atoms with Gasteiger partial charge in [0.25, 0.3) is 0 Å². The molecule has 0 aliphatic rings. The lowest BCUT2D eigenvalue weighted by atomic mass is 10.2. The minimum Gasteiger partial charge on any atom is -0.726 e. The van der Waals surface area contributed by atoms with E-state index in [1.54, 1.807) is 13.8 Å². The van der Waals surface area contributed by atoms with E-state index >= 15 is 0 Å². The van der Waals surface area contributed by atoms with Gasteiger partial charge < -0.3 is 13.8 Å². The van der Waals surface area contributed by atoms with E-state index in [1.807, 2.05) is 13.8 Å². The highest BCUT2D eigenvalue weighted by atomic mass is 32.3. The molecule has 0 radical (unpaired) electrons. The summed E-state index contributed by atoms with van der Waals surface area (Å²) in [7, 11) is -4.65. The van der Waals surface area contributed by atoms with Gasteiger partial charge in [-0.2, -0.15) is 0 Å². The summed E-state index contributed by atoms with van der Waals surface area (Å²) in [6, 6.07) is 0. The third kappa shape index (κ3) is 7.78. The summed E-state index contributed by atoms with van der Waals surface area (Å²) in [5.74, 6) is -0.428. The van der Waals surface area contributed by atoms with Crippen molar-refractivity contribution in [1.82, 2.24) is 0 Å². The van der Waals surface area contributed by atoms with Gasteiger partial charge in [-0.1, -0.05) is 13.8 Å². The van der Waals surface area contributed by atoms with Crippen LogP contribution in [0.4, 0.5) is 0 Å². The van der Waals surface area contributed by atoms with Crippen LogP contribution in [0.15, 0.2) is 0 Å². The topological polar surface area (TPSA) is 92.7 Å². The van der Waals surface area contributed by atoms with Crippen LogP contribution in [0, 0.1) is 5.92 Å². The van der Waals surface area contributed by atoms with E-state index in [0.717, 1.165) is 13.1 Å². The summed E-state index contributed by atoms with van der Waals surface area (Å²) in [5.41, 5.74) is 0. The molecule has 0 atom stereocenters. The fraction of sp³-hybridized carbons (Fsp3) is 0.917. The Labute approximate surface area is 121 Å². The summed E-state index contributed by atoms with van der Waals surface area (Å²) in [6.07, 6.45) is 0. The molecule has 0 spiro atoms. The second kappa shape index (κ2) is 8.56. The predicted octanol–water partition coefficient (Wildman–Crippen LogP) is 0.519. The van der Waals surface area contributed by atoms with Crippen molar-refractivity contribution < 1.29 is 31.2 Å². The Kier molecular flexibility index (Phi) is 8.26. The van der Waals surface area contributed by atoms with Crippen molar-refractivity contribution in [3.05, 3.63) is 0 Å². The average Bonchev–Trinajstić information content (AvgIpc) is 2.35. The Morgan fingerprint density at radius 1 is 1.15 bits per heavy atom. The number of rotatable bonds is 10. The first kappa shape index (κ1) is 19.3. The van der Waals surface area contributed by atoms with Gasteiger partial charge in [0, 0.05) is 0 Å². The highest BCUT2D eigenvalue weighted by Gasteiger charge is 2.24. The summed E-state index contributed by atoms with van der Waals surface area (Å²) >= 11 is 0. The fourth-order valence-corrected chi connectivity index (χ4v) is 2.09. The third-order valence-corrected chi connectivity index (χ3v) is 3.87. The maximum absolute atomic E-state index is 11.4. The smallest absolute Gasteiger partial charge is 0.308 e. The van der Waals surface area contributed by atoms with Gasteiger partial charge in [0.05, 0.1) is 19.0 Å². The summed E-state index contributed by atoms with van der Waals surface area (Å²) < 4.78 is 41.2. The highest BCUT2D eigenvalue weighted by Crippen LogP contribution is 2.07. The molecule has 0 amide bonds. The van der Waals surface area contributed by atoms with Gasteiger partial charge >= 0.3 is 5.97 Å². The molecule has 7 nitrogen and oxygen atoms in total. The molecule has 0 aromatic carbocycles. The van der Waals surface area contributed by atoms with Crippen LogP contribution in [-0.4, -0.2) is 62.8 Å². The molecule has 120 valence electrons. The van der Waals surface area contributed by atoms with Crippen LogP contribution in [0.3, 0.4) is 0 Å². The van der Waals surface area contributed by atoms with E-state index < -0.39 is 10.4 Å². The largest absolute Gasteiger partial charge is 0.726 e. The molecule has 8 heteroatoms. The monoisotopic (exact) mass is 311 g/mol. The van der Waals surface area contributed by atoms with Crippen LogP contribution in [0.1, 0.15) is 27.7 Å². The number of nitrogens with zero attached hydrogens (tertiary/aromatic N) is 1. The highest BCUT2D eigenvalue weighted by molar-refractivity contribution is 7.80. The van der Waals surface area contributed by atoms with Crippen molar-refractivity contribution in [1.29, 1.82) is 0 Å². The van der Waals surface area contributed by atoms with E-state index in [4.69, 9.17) is 4.74 Å². The molecule has 0 fully saturated rings. The van der Waals surface area contributed by atoms with Gasteiger partial charge in [0.1, 0.15) is 26.3 Å². The number of quaternary nitrogens is 1. The van der Waals surface area contributed by atoms with Gasteiger partial charge in [-0.05, 0) is 13.8 Å². The molecule has 20 heavy (non-hydrogen) atoms. The summed E-state index contributed by atoms with van der Waals surface area (Å²) in [4.78, 5) is 11.4. The first-order chi connectivity index (χ1) is 9.16. The first-order valence-corrected chi connectivity index (χ1v) is 8.11.